The van der Waals surface area contributed by atoms with Crippen LogP contribution in [0.3, 0.4) is 0 Å². The van der Waals surface area contributed by atoms with Crippen LogP contribution in [0.25, 0.3) is 11.3 Å². The van der Waals surface area contributed by atoms with Crippen LogP contribution in [0.5, 0.6) is 0 Å². The van der Waals surface area contributed by atoms with Crippen LogP contribution in [0.15, 0.2) is 30.3 Å². The number of aromatic nitrogens is 2. The molecule has 21 heavy (non-hydrogen) atoms. The number of hydrogen-bond acceptors (Lipinski definition) is 3. The second-order valence-electron chi connectivity index (χ2n) is 4.62. The van der Waals surface area contributed by atoms with E-state index in [2.05, 4.69) is 10.4 Å². The van der Waals surface area contributed by atoms with Crippen LogP contribution in [-0.4, -0.2) is 35.9 Å². The molecule has 0 unspecified atom stereocenters. The fraction of sp³-hybridized carbons (Fsp3) is 0.333. The summed E-state index contributed by atoms with van der Waals surface area (Å²) >= 11 is 0. The first-order valence-electron chi connectivity index (χ1n) is 6.69. The topological polar surface area (TPSA) is 56.1 Å². The molecule has 0 atom stereocenters. The van der Waals surface area contributed by atoms with Crippen LogP contribution in [0.2, 0.25) is 0 Å². The average molecular weight is 291 g/mol. The van der Waals surface area contributed by atoms with Crippen molar-refractivity contribution >= 4 is 5.91 Å². The number of aryl methyl sites for hydroxylation is 1. The summed E-state index contributed by atoms with van der Waals surface area (Å²) in [6.07, 6.45) is 0.736. The zero-order valence-corrected chi connectivity index (χ0v) is 12.1. The summed E-state index contributed by atoms with van der Waals surface area (Å²) in [7, 11) is 3.28. The Morgan fingerprint density at radius 2 is 2.19 bits per heavy atom. The van der Waals surface area contributed by atoms with E-state index in [-0.39, 0.29) is 11.7 Å². The summed E-state index contributed by atoms with van der Waals surface area (Å²) < 4.78 is 20.1. The lowest BCUT2D eigenvalue weighted by atomic mass is 10.1. The standard InChI is InChI=1S/C15H18FN3O2/c1-19-14(15(20)17-8-5-9-21-2)10-13(18-19)11-6-3-4-7-12(11)16/h3-4,6-7,10H,5,8-9H2,1-2H3,(H,17,20). The largest absolute Gasteiger partial charge is 0.385 e. The van der Waals surface area contributed by atoms with E-state index in [0.29, 0.717) is 30.1 Å². The molecule has 0 aliphatic heterocycles. The summed E-state index contributed by atoms with van der Waals surface area (Å²) in [6.45, 7) is 1.11. The second kappa shape index (κ2) is 6.99. The molecule has 0 radical (unpaired) electrons. The van der Waals surface area contributed by atoms with Crippen LogP contribution >= 0.6 is 0 Å². The molecule has 1 N–H and O–H groups in total. The lowest BCUT2D eigenvalue weighted by Gasteiger charge is -2.04. The van der Waals surface area contributed by atoms with Gasteiger partial charge in [0, 0.05) is 32.9 Å². The highest BCUT2D eigenvalue weighted by atomic mass is 19.1. The first kappa shape index (κ1) is 15.2. The lowest BCUT2D eigenvalue weighted by Crippen LogP contribution is -2.27. The number of methoxy groups -OCH3 is 1. The van der Waals surface area contributed by atoms with Gasteiger partial charge in [-0.1, -0.05) is 12.1 Å². The Hall–Kier alpha value is -2.21. The van der Waals surface area contributed by atoms with E-state index < -0.39 is 0 Å². The normalized spacial score (nSPS) is 10.6. The van der Waals surface area contributed by atoms with Gasteiger partial charge in [-0.3, -0.25) is 9.48 Å². The molecule has 6 heteroatoms. The molecule has 2 rings (SSSR count). The first-order chi connectivity index (χ1) is 10.1. The van der Waals surface area contributed by atoms with Crippen LogP contribution in [0, 0.1) is 5.82 Å². The highest BCUT2D eigenvalue weighted by Crippen LogP contribution is 2.21. The summed E-state index contributed by atoms with van der Waals surface area (Å²) in [5, 5.41) is 6.98. The zero-order chi connectivity index (χ0) is 15.2. The number of carbonyl (C=O) groups excluding carboxylic acids is 1. The monoisotopic (exact) mass is 291 g/mol. The molecule has 0 saturated heterocycles. The van der Waals surface area contributed by atoms with Gasteiger partial charge in [-0.15, -0.1) is 0 Å². The van der Waals surface area contributed by atoms with Crippen LogP contribution in [-0.2, 0) is 11.8 Å². The fourth-order valence-electron chi connectivity index (χ4n) is 1.99. The second-order valence-corrected chi connectivity index (χ2v) is 4.62. The molecule has 0 spiro atoms. The molecule has 0 bridgehead atoms. The number of nitrogens with one attached hydrogen (secondary N) is 1. The summed E-state index contributed by atoms with van der Waals surface area (Å²) in [4.78, 5) is 12.1. The van der Waals surface area contributed by atoms with Crippen molar-refractivity contribution in [2.75, 3.05) is 20.3 Å². The molecular weight excluding hydrogens is 273 g/mol. The predicted molar refractivity (Wildman–Crippen MR) is 77.4 cm³/mol. The minimum atomic E-state index is -0.359. The number of halogens is 1. The summed E-state index contributed by atoms with van der Waals surface area (Å²) in [5.74, 6) is -0.591. The third-order valence-electron chi connectivity index (χ3n) is 3.07. The van der Waals surface area contributed by atoms with Crippen molar-refractivity contribution < 1.29 is 13.9 Å². The maximum Gasteiger partial charge on any atom is 0.269 e. The van der Waals surface area contributed by atoms with Crippen molar-refractivity contribution in [3.8, 4) is 11.3 Å². The predicted octanol–water partition coefficient (Wildman–Crippen LogP) is 1.99. The highest BCUT2D eigenvalue weighted by molar-refractivity contribution is 5.93. The number of benzene rings is 1. The molecule has 112 valence electrons. The summed E-state index contributed by atoms with van der Waals surface area (Å²) in [5.41, 5.74) is 1.22. The molecule has 0 fully saturated rings. The Labute approximate surface area is 122 Å². The van der Waals surface area contributed by atoms with E-state index in [1.54, 1.807) is 38.4 Å². The number of carbonyl (C=O) groups is 1. The van der Waals surface area contributed by atoms with E-state index >= 15 is 0 Å². The van der Waals surface area contributed by atoms with Gasteiger partial charge in [0.2, 0.25) is 0 Å². The molecule has 0 saturated carbocycles. The van der Waals surface area contributed by atoms with Crippen molar-refractivity contribution in [3.63, 3.8) is 0 Å². The Kier molecular flexibility index (Phi) is 5.05. The smallest absolute Gasteiger partial charge is 0.269 e. The Bertz CT molecular complexity index is 625. The van der Waals surface area contributed by atoms with Gasteiger partial charge in [-0.25, -0.2) is 4.39 Å². The van der Waals surface area contributed by atoms with Gasteiger partial charge in [0.1, 0.15) is 11.5 Å². The maximum absolute atomic E-state index is 13.7. The zero-order valence-electron chi connectivity index (χ0n) is 12.1. The Morgan fingerprint density at radius 3 is 2.90 bits per heavy atom. The molecule has 1 aromatic carbocycles. The van der Waals surface area contributed by atoms with Crippen molar-refractivity contribution in [1.82, 2.24) is 15.1 Å². The van der Waals surface area contributed by atoms with Gasteiger partial charge < -0.3 is 10.1 Å². The van der Waals surface area contributed by atoms with Crippen LogP contribution in [0.4, 0.5) is 4.39 Å². The number of hydrogen-bond donors (Lipinski definition) is 1. The third kappa shape index (κ3) is 3.66. The molecule has 0 aliphatic rings. The molecule has 1 aromatic heterocycles. The number of rotatable bonds is 6. The van der Waals surface area contributed by atoms with Crippen molar-refractivity contribution in [3.05, 3.63) is 41.8 Å². The van der Waals surface area contributed by atoms with Gasteiger partial charge in [-0.2, -0.15) is 5.10 Å². The fourth-order valence-corrected chi connectivity index (χ4v) is 1.99. The third-order valence-corrected chi connectivity index (χ3v) is 3.07. The lowest BCUT2D eigenvalue weighted by molar-refractivity contribution is 0.0939. The van der Waals surface area contributed by atoms with E-state index in [1.165, 1.54) is 10.7 Å². The van der Waals surface area contributed by atoms with Crippen molar-refractivity contribution in [2.24, 2.45) is 7.05 Å². The van der Waals surface area contributed by atoms with Gasteiger partial charge in [0.15, 0.2) is 0 Å². The van der Waals surface area contributed by atoms with Gasteiger partial charge in [-0.05, 0) is 24.6 Å². The number of ether oxygens (including phenoxy) is 1. The molecule has 1 heterocycles. The molecule has 1 amide bonds. The van der Waals surface area contributed by atoms with Crippen molar-refractivity contribution in [1.29, 1.82) is 0 Å². The molecular formula is C15H18FN3O2. The quantitative estimate of drug-likeness (QED) is 0.828. The van der Waals surface area contributed by atoms with E-state index in [4.69, 9.17) is 4.74 Å². The van der Waals surface area contributed by atoms with Crippen LogP contribution in [0.1, 0.15) is 16.9 Å². The van der Waals surface area contributed by atoms with E-state index in [9.17, 15) is 9.18 Å². The minimum absolute atomic E-state index is 0.233. The molecule has 2 aromatic rings. The highest BCUT2D eigenvalue weighted by Gasteiger charge is 2.15. The van der Waals surface area contributed by atoms with Gasteiger partial charge in [0.05, 0.1) is 5.69 Å². The number of amides is 1. The summed E-state index contributed by atoms with van der Waals surface area (Å²) in [6, 6.07) is 7.94. The van der Waals surface area contributed by atoms with Gasteiger partial charge in [0.25, 0.3) is 5.91 Å². The Balaban J connectivity index is 2.12. The minimum Gasteiger partial charge on any atom is -0.385 e. The maximum atomic E-state index is 13.7. The van der Waals surface area contributed by atoms with Gasteiger partial charge >= 0.3 is 0 Å². The van der Waals surface area contributed by atoms with Crippen molar-refractivity contribution in [2.45, 2.75) is 6.42 Å². The van der Waals surface area contributed by atoms with E-state index in [1.807, 2.05) is 0 Å². The molecule has 0 aliphatic carbocycles. The van der Waals surface area contributed by atoms with E-state index in [0.717, 1.165) is 6.42 Å². The number of nitrogens with zero attached hydrogens (tertiary/aromatic N) is 2. The Morgan fingerprint density at radius 1 is 1.43 bits per heavy atom. The SMILES string of the molecule is COCCCNC(=O)c1cc(-c2ccccc2F)nn1C. The van der Waals surface area contributed by atoms with Crippen LogP contribution < -0.4 is 5.32 Å². The average Bonchev–Trinajstić information content (AvgIpc) is 2.86. The molecule has 5 nitrogen and oxygen atoms in total. The first-order valence-corrected chi connectivity index (χ1v) is 6.69.